The van der Waals surface area contributed by atoms with Crippen LogP contribution in [0.2, 0.25) is 0 Å². The van der Waals surface area contributed by atoms with E-state index in [9.17, 15) is 14.4 Å². The van der Waals surface area contributed by atoms with Gasteiger partial charge in [-0.1, -0.05) is 24.3 Å². The normalized spacial score (nSPS) is 11.0. The lowest BCUT2D eigenvalue weighted by Crippen LogP contribution is -2.13. The average molecular weight is 461 g/mol. The summed E-state index contributed by atoms with van der Waals surface area (Å²) in [6.45, 7) is 4.06. The molecular weight excluding hydrogens is 435 g/mol. The number of benzene rings is 3. The highest BCUT2D eigenvalue weighted by molar-refractivity contribution is 6.09. The number of ether oxygens (including phenoxy) is 3. The van der Waals surface area contributed by atoms with E-state index in [1.165, 1.54) is 25.3 Å². The van der Waals surface area contributed by atoms with Crippen LogP contribution in [0.3, 0.4) is 0 Å². The number of nitrogens with one attached hydrogen (secondary N) is 1. The first-order valence-corrected chi connectivity index (χ1v) is 10.6. The van der Waals surface area contributed by atoms with Crippen molar-refractivity contribution in [3.8, 4) is 23.3 Å². The summed E-state index contributed by atoms with van der Waals surface area (Å²) >= 11 is 0. The summed E-state index contributed by atoms with van der Waals surface area (Å²) in [5.74, 6) is 0.684. The number of rotatable bonds is 9. The highest BCUT2D eigenvalue weighted by atomic mass is 19.1. The van der Waals surface area contributed by atoms with Crippen molar-refractivity contribution in [3.63, 3.8) is 0 Å². The van der Waals surface area contributed by atoms with Crippen LogP contribution in [0, 0.1) is 17.1 Å². The molecule has 0 fully saturated rings. The smallest absolute Gasteiger partial charge is 0.266 e. The van der Waals surface area contributed by atoms with Gasteiger partial charge in [0.2, 0.25) is 0 Å². The van der Waals surface area contributed by atoms with Gasteiger partial charge in [-0.2, -0.15) is 5.26 Å². The maximum Gasteiger partial charge on any atom is 0.266 e. The van der Waals surface area contributed by atoms with Crippen molar-refractivity contribution < 1.29 is 23.4 Å². The molecule has 0 saturated carbocycles. The third-order valence-electron chi connectivity index (χ3n) is 4.64. The molecule has 174 valence electrons. The lowest BCUT2D eigenvalue weighted by Gasteiger charge is -2.12. The topological polar surface area (TPSA) is 80.6 Å². The minimum atomic E-state index is -0.542. The Morgan fingerprint density at radius 3 is 2.53 bits per heavy atom. The number of halogens is 1. The van der Waals surface area contributed by atoms with Crippen LogP contribution in [0.15, 0.2) is 72.3 Å². The van der Waals surface area contributed by atoms with Crippen LogP contribution in [0.4, 0.5) is 10.1 Å². The standard InChI is InChI=1S/C27H25FN2O4/c1-18(2)34-24-6-4-5-23(15-24)30-27(31)21(16-29)13-20-9-12-25(26(14-20)32-3)33-17-19-7-10-22(28)11-8-19/h4-15,18H,17H2,1-3H3,(H,30,31)/b21-13-. The highest BCUT2D eigenvalue weighted by Crippen LogP contribution is 2.30. The number of carbonyl (C=O) groups is 1. The number of hydrogen-bond donors (Lipinski definition) is 1. The Kier molecular flexibility index (Phi) is 8.25. The zero-order valence-electron chi connectivity index (χ0n) is 19.2. The van der Waals surface area contributed by atoms with Crippen molar-refractivity contribution in [1.29, 1.82) is 5.26 Å². The molecule has 1 amide bonds. The molecule has 1 N–H and O–H groups in total. The molecule has 0 radical (unpaired) electrons. The molecule has 0 unspecified atom stereocenters. The molecule has 3 aromatic carbocycles. The van der Waals surface area contributed by atoms with Gasteiger partial charge in [-0.15, -0.1) is 0 Å². The van der Waals surface area contributed by atoms with Crippen molar-refractivity contribution >= 4 is 17.7 Å². The number of nitrogens with zero attached hydrogens (tertiary/aromatic N) is 1. The van der Waals surface area contributed by atoms with Crippen molar-refractivity contribution in [1.82, 2.24) is 0 Å². The molecule has 0 atom stereocenters. The fourth-order valence-corrected chi connectivity index (χ4v) is 3.07. The van der Waals surface area contributed by atoms with E-state index in [0.717, 1.165) is 5.56 Å². The molecule has 0 spiro atoms. The lowest BCUT2D eigenvalue weighted by molar-refractivity contribution is -0.112. The van der Waals surface area contributed by atoms with E-state index in [1.807, 2.05) is 19.9 Å². The molecule has 0 heterocycles. The predicted molar refractivity (Wildman–Crippen MR) is 128 cm³/mol. The summed E-state index contributed by atoms with van der Waals surface area (Å²) in [4.78, 5) is 12.7. The Balaban J connectivity index is 1.72. The molecule has 0 aliphatic rings. The SMILES string of the molecule is COc1cc(/C=C(/C#N)C(=O)Nc2cccc(OC(C)C)c2)ccc1OCc1ccc(F)cc1. The Morgan fingerprint density at radius 1 is 1.09 bits per heavy atom. The summed E-state index contributed by atoms with van der Waals surface area (Å²) < 4.78 is 29.9. The van der Waals surface area contributed by atoms with Gasteiger partial charge in [0, 0.05) is 11.8 Å². The zero-order valence-corrected chi connectivity index (χ0v) is 19.2. The monoisotopic (exact) mass is 460 g/mol. The number of nitriles is 1. The largest absolute Gasteiger partial charge is 0.493 e. The second-order valence-electron chi connectivity index (χ2n) is 7.64. The van der Waals surface area contributed by atoms with Crippen molar-refractivity contribution in [2.75, 3.05) is 12.4 Å². The summed E-state index contributed by atoms with van der Waals surface area (Å²) in [5, 5.41) is 12.3. The van der Waals surface area contributed by atoms with Gasteiger partial charge in [0.25, 0.3) is 5.91 Å². The first-order valence-electron chi connectivity index (χ1n) is 10.6. The molecule has 0 aliphatic carbocycles. The van der Waals surface area contributed by atoms with Crippen molar-refractivity contribution in [2.24, 2.45) is 0 Å². The molecule has 0 aliphatic heterocycles. The van der Waals surface area contributed by atoms with E-state index >= 15 is 0 Å². The molecule has 6 nitrogen and oxygen atoms in total. The fourth-order valence-electron chi connectivity index (χ4n) is 3.07. The summed E-state index contributed by atoms with van der Waals surface area (Å²) in [7, 11) is 1.50. The van der Waals surface area contributed by atoms with Crippen molar-refractivity contribution in [2.45, 2.75) is 26.6 Å². The van der Waals surface area contributed by atoms with Crippen LogP contribution >= 0.6 is 0 Å². The van der Waals surface area contributed by atoms with Crippen molar-refractivity contribution in [3.05, 3.63) is 89.2 Å². The summed E-state index contributed by atoms with van der Waals surface area (Å²) in [5.41, 5.74) is 1.84. The van der Waals surface area contributed by atoms with Gasteiger partial charge >= 0.3 is 0 Å². The van der Waals surface area contributed by atoms with Gasteiger partial charge in [-0.25, -0.2) is 4.39 Å². The Hall–Kier alpha value is -4.31. The molecule has 0 bridgehead atoms. The number of anilines is 1. The Labute approximate surface area is 198 Å². The molecular formula is C27H25FN2O4. The molecule has 34 heavy (non-hydrogen) atoms. The Morgan fingerprint density at radius 2 is 1.85 bits per heavy atom. The van der Waals surface area contributed by atoms with Gasteiger partial charge in [0.15, 0.2) is 11.5 Å². The predicted octanol–water partition coefficient (Wildman–Crippen LogP) is 5.75. The lowest BCUT2D eigenvalue weighted by atomic mass is 10.1. The maximum atomic E-state index is 13.1. The number of carbonyl (C=O) groups excluding carboxylic acids is 1. The van der Waals surface area contributed by atoms with E-state index in [1.54, 1.807) is 54.6 Å². The summed E-state index contributed by atoms with van der Waals surface area (Å²) in [6.07, 6.45) is 1.47. The van der Waals surface area contributed by atoms with E-state index < -0.39 is 5.91 Å². The van der Waals surface area contributed by atoms with Crippen LogP contribution in [0.1, 0.15) is 25.0 Å². The van der Waals surface area contributed by atoms with Gasteiger partial charge in [0.1, 0.15) is 29.8 Å². The summed E-state index contributed by atoms with van der Waals surface area (Å²) in [6, 6.07) is 20.0. The third kappa shape index (κ3) is 6.84. The minimum Gasteiger partial charge on any atom is -0.493 e. The van der Waals surface area contributed by atoms with E-state index in [-0.39, 0.29) is 24.1 Å². The third-order valence-corrected chi connectivity index (χ3v) is 4.64. The molecule has 3 aromatic rings. The van der Waals surface area contributed by atoms with Gasteiger partial charge in [-0.05, 0) is 67.4 Å². The first-order chi connectivity index (χ1) is 16.4. The number of amides is 1. The van der Waals surface area contributed by atoms with E-state index in [2.05, 4.69) is 5.32 Å². The van der Waals surface area contributed by atoms with Gasteiger partial charge < -0.3 is 19.5 Å². The Bertz CT molecular complexity index is 1210. The van der Waals surface area contributed by atoms with Crippen LogP contribution in [-0.2, 0) is 11.4 Å². The maximum absolute atomic E-state index is 13.1. The first kappa shape index (κ1) is 24.3. The molecule has 3 rings (SSSR count). The number of hydrogen-bond acceptors (Lipinski definition) is 5. The van der Waals surface area contributed by atoms with Crippen LogP contribution < -0.4 is 19.5 Å². The van der Waals surface area contributed by atoms with Gasteiger partial charge in [-0.3, -0.25) is 4.79 Å². The quantitative estimate of drug-likeness (QED) is 0.325. The second-order valence-corrected chi connectivity index (χ2v) is 7.64. The van der Waals surface area contributed by atoms with Crippen LogP contribution in [-0.4, -0.2) is 19.1 Å². The zero-order chi connectivity index (χ0) is 24.5. The highest BCUT2D eigenvalue weighted by Gasteiger charge is 2.12. The second kappa shape index (κ2) is 11.5. The van der Waals surface area contributed by atoms with Gasteiger partial charge in [0.05, 0.1) is 13.2 Å². The average Bonchev–Trinajstić information content (AvgIpc) is 2.82. The van der Waals surface area contributed by atoms with E-state index in [0.29, 0.717) is 28.5 Å². The molecule has 0 saturated heterocycles. The fraction of sp³-hybridized carbons (Fsp3) is 0.185. The number of methoxy groups -OCH3 is 1. The van der Waals surface area contributed by atoms with Crippen LogP contribution in [0.25, 0.3) is 6.08 Å². The molecule has 7 heteroatoms. The van der Waals surface area contributed by atoms with Crippen LogP contribution in [0.5, 0.6) is 17.2 Å². The van der Waals surface area contributed by atoms with E-state index in [4.69, 9.17) is 14.2 Å². The minimum absolute atomic E-state index is 0.00172. The molecule has 0 aromatic heterocycles.